The average molecular weight is 323 g/mol. The number of hydrogen-bond acceptors (Lipinski definition) is 3. The van der Waals surface area contributed by atoms with Gasteiger partial charge in [-0.15, -0.1) is 11.3 Å². The number of methoxy groups -OCH3 is 1. The molecule has 0 spiro atoms. The lowest BCUT2D eigenvalue weighted by Gasteiger charge is -2.04. The molecule has 0 aliphatic rings. The lowest BCUT2D eigenvalue weighted by Crippen LogP contribution is -1.90. The maximum absolute atomic E-state index is 11.8. The Morgan fingerprint density at radius 1 is 1.39 bits per heavy atom. The fourth-order valence-corrected chi connectivity index (χ4v) is 2.53. The van der Waals surface area contributed by atoms with Crippen molar-refractivity contribution < 1.29 is 9.53 Å². The summed E-state index contributed by atoms with van der Waals surface area (Å²) in [5.41, 5.74) is 0.872. The number of carbonyl (C=O) groups excluding carboxylic acids is 1. The van der Waals surface area contributed by atoms with Crippen molar-refractivity contribution in [2.45, 2.75) is 0 Å². The molecule has 0 bridgehead atoms. The van der Waals surface area contributed by atoms with Crippen LogP contribution in [0.2, 0.25) is 0 Å². The van der Waals surface area contributed by atoms with E-state index in [0.717, 1.165) is 20.7 Å². The second-order valence-electron chi connectivity index (χ2n) is 3.56. The molecule has 0 unspecified atom stereocenters. The zero-order valence-corrected chi connectivity index (χ0v) is 12.1. The first-order valence-corrected chi connectivity index (χ1v) is 6.97. The monoisotopic (exact) mass is 322 g/mol. The minimum atomic E-state index is 0.00651. The van der Waals surface area contributed by atoms with Crippen molar-refractivity contribution in [2.75, 3.05) is 7.11 Å². The Morgan fingerprint density at radius 2 is 2.22 bits per heavy atom. The number of rotatable bonds is 4. The number of benzene rings is 1. The summed E-state index contributed by atoms with van der Waals surface area (Å²) in [6.45, 7) is 0. The summed E-state index contributed by atoms with van der Waals surface area (Å²) in [6.07, 6.45) is 3.34. The summed E-state index contributed by atoms with van der Waals surface area (Å²) in [4.78, 5) is 12.6. The highest BCUT2D eigenvalue weighted by molar-refractivity contribution is 9.10. The molecule has 18 heavy (non-hydrogen) atoms. The molecule has 92 valence electrons. The topological polar surface area (TPSA) is 26.3 Å². The van der Waals surface area contributed by atoms with Crippen molar-refractivity contribution in [3.63, 3.8) is 0 Å². The number of allylic oxidation sites excluding steroid dienone is 1. The van der Waals surface area contributed by atoms with Crippen LogP contribution in [0.3, 0.4) is 0 Å². The van der Waals surface area contributed by atoms with Gasteiger partial charge in [0.25, 0.3) is 0 Å². The van der Waals surface area contributed by atoms with E-state index < -0.39 is 0 Å². The molecule has 0 atom stereocenters. The second-order valence-corrected chi connectivity index (χ2v) is 5.42. The molecule has 0 aliphatic carbocycles. The number of carbonyl (C=O) groups is 1. The van der Waals surface area contributed by atoms with Crippen LogP contribution in [0.4, 0.5) is 0 Å². The summed E-state index contributed by atoms with van der Waals surface area (Å²) in [7, 11) is 1.61. The molecule has 0 saturated heterocycles. The standard InChI is InChI=1S/C14H11BrO2S/c1-17-13-7-5-11(15)9-10(13)4-6-12(16)14-3-2-8-18-14/h2-9H,1H3/b6-4+. The van der Waals surface area contributed by atoms with Gasteiger partial charge in [0.05, 0.1) is 12.0 Å². The van der Waals surface area contributed by atoms with Crippen molar-refractivity contribution >= 4 is 39.1 Å². The summed E-state index contributed by atoms with van der Waals surface area (Å²) < 4.78 is 6.19. The zero-order chi connectivity index (χ0) is 13.0. The molecular weight excluding hydrogens is 312 g/mol. The number of ketones is 1. The van der Waals surface area contributed by atoms with Gasteiger partial charge in [0, 0.05) is 10.0 Å². The van der Waals surface area contributed by atoms with Crippen LogP contribution in [-0.2, 0) is 0 Å². The quantitative estimate of drug-likeness (QED) is 0.615. The van der Waals surface area contributed by atoms with Gasteiger partial charge < -0.3 is 4.74 Å². The van der Waals surface area contributed by atoms with Gasteiger partial charge in [-0.2, -0.15) is 0 Å². The third-order valence-corrected chi connectivity index (χ3v) is 3.75. The molecule has 1 aromatic heterocycles. The van der Waals surface area contributed by atoms with E-state index >= 15 is 0 Å². The van der Waals surface area contributed by atoms with Gasteiger partial charge in [0.15, 0.2) is 5.78 Å². The predicted octanol–water partition coefficient (Wildman–Crippen LogP) is 4.42. The van der Waals surface area contributed by atoms with Gasteiger partial charge in [-0.3, -0.25) is 4.79 Å². The molecule has 2 aromatic rings. The Bertz CT molecular complexity index is 573. The first-order valence-electron chi connectivity index (χ1n) is 5.30. The fourth-order valence-electron chi connectivity index (χ4n) is 1.50. The Kier molecular flexibility index (Phi) is 4.33. The van der Waals surface area contributed by atoms with Crippen molar-refractivity contribution in [1.29, 1.82) is 0 Å². The van der Waals surface area contributed by atoms with E-state index in [0.29, 0.717) is 0 Å². The van der Waals surface area contributed by atoms with Gasteiger partial charge in [-0.1, -0.05) is 22.0 Å². The molecule has 4 heteroatoms. The SMILES string of the molecule is COc1ccc(Br)cc1/C=C/C(=O)c1cccs1. The number of halogens is 1. The molecule has 0 radical (unpaired) electrons. The van der Waals surface area contributed by atoms with Crippen LogP contribution < -0.4 is 4.74 Å². The molecular formula is C14H11BrO2S. The first kappa shape index (κ1) is 13.1. The second kappa shape index (κ2) is 5.98. The molecule has 2 nitrogen and oxygen atoms in total. The summed E-state index contributed by atoms with van der Waals surface area (Å²) in [5, 5.41) is 1.89. The predicted molar refractivity (Wildman–Crippen MR) is 78.4 cm³/mol. The molecule has 2 rings (SSSR count). The number of hydrogen-bond donors (Lipinski definition) is 0. The van der Waals surface area contributed by atoms with E-state index in [1.54, 1.807) is 19.3 Å². The van der Waals surface area contributed by atoms with Gasteiger partial charge >= 0.3 is 0 Å². The molecule has 0 aliphatic heterocycles. The van der Waals surface area contributed by atoms with Crippen LogP contribution in [-0.4, -0.2) is 12.9 Å². The van der Waals surface area contributed by atoms with Gasteiger partial charge in [0.1, 0.15) is 5.75 Å². The lowest BCUT2D eigenvalue weighted by atomic mass is 10.1. The summed E-state index contributed by atoms with van der Waals surface area (Å²) >= 11 is 4.84. The van der Waals surface area contributed by atoms with E-state index in [2.05, 4.69) is 15.9 Å². The highest BCUT2D eigenvalue weighted by Crippen LogP contribution is 2.24. The van der Waals surface area contributed by atoms with Gasteiger partial charge in [0.2, 0.25) is 0 Å². The molecule has 1 aromatic carbocycles. The van der Waals surface area contributed by atoms with Crippen molar-refractivity contribution in [3.05, 3.63) is 56.7 Å². The molecule has 0 N–H and O–H groups in total. The largest absolute Gasteiger partial charge is 0.496 e. The summed E-state index contributed by atoms with van der Waals surface area (Å²) in [5.74, 6) is 0.750. The zero-order valence-electron chi connectivity index (χ0n) is 9.72. The van der Waals surface area contributed by atoms with Crippen LogP contribution in [0.15, 0.2) is 46.3 Å². The maximum Gasteiger partial charge on any atom is 0.195 e. The molecule has 0 amide bonds. The number of thiophene rings is 1. The normalized spacial score (nSPS) is 10.8. The minimum absolute atomic E-state index is 0.00651. The Hall–Kier alpha value is -1.39. The van der Waals surface area contributed by atoms with Crippen LogP contribution in [0.1, 0.15) is 15.2 Å². The summed E-state index contributed by atoms with van der Waals surface area (Å²) in [6, 6.07) is 9.36. The molecule has 0 saturated carbocycles. The van der Waals surface area contributed by atoms with E-state index in [1.165, 1.54) is 11.3 Å². The maximum atomic E-state index is 11.8. The number of ether oxygens (including phenoxy) is 1. The lowest BCUT2D eigenvalue weighted by molar-refractivity contribution is 0.105. The van der Waals surface area contributed by atoms with Crippen molar-refractivity contribution in [2.24, 2.45) is 0 Å². The minimum Gasteiger partial charge on any atom is -0.496 e. The smallest absolute Gasteiger partial charge is 0.195 e. The molecule has 0 fully saturated rings. The Morgan fingerprint density at radius 3 is 2.89 bits per heavy atom. The van der Waals surface area contributed by atoms with Crippen LogP contribution in [0, 0.1) is 0 Å². The van der Waals surface area contributed by atoms with Crippen LogP contribution >= 0.6 is 27.3 Å². The van der Waals surface area contributed by atoms with E-state index in [4.69, 9.17) is 4.74 Å². The van der Waals surface area contributed by atoms with E-state index in [-0.39, 0.29) is 5.78 Å². The van der Waals surface area contributed by atoms with Crippen molar-refractivity contribution in [3.8, 4) is 5.75 Å². The van der Waals surface area contributed by atoms with Crippen LogP contribution in [0.5, 0.6) is 5.75 Å². The third-order valence-electron chi connectivity index (χ3n) is 2.37. The first-order chi connectivity index (χ1) is 8.70. The highest BCUT2D eigenvalue weighted by Gasteiger charge is 2.04. The Labute approximate surface area is 118 Å². The van der Waals surface area contributed by atoms with Gasteiger partial charge in [-0.05, 0) is 41.8 Å². The highest BCUT2D eigenvalue weighted by atomic mass is 79.9. The van der Waals surface area contributed by atoms with E-state index in [1.807, 2.05) is 35.7 Å². The molecule has 1 heterocycles. The van der Waals surface area contributed by atoms with E-state index in [9.17, 15) is 4.79 Å². The van der Waals surface area contributed by atoms with Gasteiger partial charge in [-0.25, -0.2) is 0 Å². The van der Waals surface area contributed by atoms with Crippen LogP contribution in [0.25, 0.3) is 6.08 Å². The fraction of sp³-hybridized carbons (Fsp3) is 0.0714. The Balaban J connectivity index is 2.23. The van der Waals surface area contributed by atoms with Crippen molar-refractivity contribution in [1.82, 2.24) is 0 Å². The average Bonchev–Trinajstić information content (AvgIpc) is 2.90. The third kappa shape index (κ3) is 3.09.